The fourth-order valence-electron chi connectivity index (χ4n) is 2.36. The van der Waals surface area contributed by atoms with Gasteiger partial charge in [-0.1, -0.05) is 12.1 Å². The molecule has 0 saturated heterocycles. The number of hydrogen-bond donors (Lipinski definition) is 2. The molecule has 0 aliphatic rings. The van der Waals surface area contributed by atoms with Crippen molar-refractivity contribution in [2.45, 2.75) is 13.0 Å². The third kappa shape index (κ3) is 3.16. The summed E-state index contributed by atoms with van der Waals surface area (Å²) < 4.78 is 5.44. The van der Waals surface area contributed by atoms with Crippen LogP contribution in [0.3, 0.4) is 0 Å². The summed E-state index contributed by atoms with van der Waals surface area (Å²) in [5.41, 5.74) is 1.24. The summed E-state index contributed by atoms with van der Waals surface area (Å²) in [6, 6.07) is 11.9. The number of ether oxygens (including phenoxy) is 1. The summed E-state index contributed by atoms with van der Waals surface area (Å²) >= 11 is 0. The first-order valence-electron chi connectivity index (χ1n) is 7.55. The van der Waals surface area contributed by atoms with Gasteiger partial charge in [-0.15, -0.1) is 0 Å². The van der Waals surface area contributed by atoms with Crippen molar-refractivity contribution in [1.29, 1.82) is 5.26 Å². The van der Waals surface area contributed by atoms with E-state index in [4.69, 9.17) is 4.74 Å². The van der Waals surface area contributed by atoms with Crippen molar-refractivity contribution < 1.29 is 14.8 Å². The number of aromatic amines is 1. The number of nitrogens with one attached hydrogen (secondary N) is 1. The average molecular weight is 351 g/mol. The molecule has 26 heavy (non-hydrogen) atoms. The number of aliphatic hydroxyl groups is 1. The number of aliphatic hydroxyl groups excluding tert-OH is 1. The standard InChI is InChI=1S/C17H13N5O4/c1-10(26-14-7-4-8-19-17(14)22(24)25)15(23)11(9-18)16-20-12-5-2-3-6-13(12)21-16/h2-8,10,23H,1H3,(H,20,21)/b15-11-. The van der Waals surface area contributed by atoms with Crippen LogP contribution in [-0.4, -0.2) is 31.1 Å². The number of H-pyrrole nitrogens is 1. The van der Waals surface area contributed by atoms with E-state index in [-0.39, 0.29) is 17.1 Å². The monoisotopic (exact) mass is 351 g/mol. The summed E-state index contributed by atoms with van der Waals surface area (Å²) in [5.74, 6) is -0.806. The van der Waals surface area contributed by atoms with Crippen LogP contribution < -0.4 is 4.74 Å². The Morgan fingerprint density at radius 2 is 2.15 bits per heavy atom. The van der Waals surface area contributed by atoms with Gasteiger partial charge in [0.15, 0.2) is 17.7 Å². The fraction of sp³-hybridized carbons (Fsp3) is 0.118. The van der Waals surface area contributed by atoms with Crippen LogP contribution in [0.25, 0.3) is 16.6 Å². The Labute approximate surface area is 147 Å². The van der Waals surface area contributed by atoms with Crippen molar-refractivity contribution in [2.24, 2.45) is 0 Å². The zero-order valence-electron chi connectivity index (χ0n) is 13.6. The fourth-order valence-corrected chi connectivity index (χ4v) is 2.36. The van der Waals surface area contributed by atoms with Gasteiger partial charge in [0.25, 0.3) is 0 Å². The highest BCUT2D eigenvalue weighted by Gasteiger charge is 2.23. The molecule has 0 fully saturated rings. The van der Waals surface area contributed by atoms with Gasteiger partial charge in [-0.3, -0.25) is 0 Å². The summed E-state index contributed by atoms with van der Waals surface area (Å²) in [6.45, 7) is 1.46. The third-order valence-electron chi connectivity index (χ3n) is 3.61. The molecule has 130 valence electrons. The van der Waals surface area contributed by atoms with Gasteiger partial charge in [-0.2, -0.15) is 5.26 Å². The Morgan fingerprint density at radius 3 is 2.85 bits per heavy atom. The zero-order chi connectivity index (χ0) is 18.7. The number of nitro groups is 1. The first-order valence-corrected chi connectivity index (χ1v) is 7.55. The lowest BCUT2D eigenvalue weighted by atomic mass is 10.1. The van der Waals surface area contributed by atoms with Crippen LogP contribution in [0.2, 0.25) is 0 Å². The lowest BCUT2D eigenvalue weighted by Gasteiger charge is -2.14. The van der Waals surface area contributed by atoms with Crippen LogP contribution in [-0.2, 0) is 0 Å². The lowest BCUT2D eigenvalue weighted by Crippen LogP contribution is -2.17. The number of pyridine rings is 1. The lowest BCUT2D eigenvalue weighted by molar-refractivity contribution is -0.390. The quantitative estimate of drug-likeness (QED) is 0.311. The Kier molecular flexibility index (Phi) is 4.49. The Balaban J connectivity index is 1.95. The molecule has 0 spiro atoms. The molecule has 3 aromatic rings. The van der Waals surface area contributed by atoms with E-state index in [2.05, 4.69) is 15.0 Å². The third-order valence-corrected chi connectivity index (χ3v) is 3.61. The highest BCUT2D eigenvalue weighted by Crippen LogP contribution is 2.27. The molecule has 0 amide bonds. The Morgan fingerprint density at radius 1 is 1.38 bits per heavy atom. The minimum atomic E-state index is -1.03. The minimum Gasteiger partial charge on any atom is -0.507 e. The van der Waals surface area contributed by atoms with E-state index in [0.29, 0.717) is 11.0 Å². The van der Waals surface area contributed by atoms with Gasteiger partial charge >= 0.3 is 5.82 Å². The molecule has 3 rings (SSSR count). The average Bonchev–Trinajstić information content (AvgIpc) is 3.06. The normalized spacial score (nSPS) is 12.9. The van der Waals surface area contributed by atoms with Crippen molar-refractivity contribution in [1.82, 2.24) is 15.0 Å². The topological polar surface area (TPSA) is 138 Å². The second-order valence-electron chi connectivity index (χ2n) is 5.32. The van der Waals surface area contributed by atoms with Crippen LogP contribution in [0.4, 0.5) is 5.82 Å². The van der Waals surface area contributed by atoms with Gasteiger partial charge in [-0.25, -0.2) is 4.98 Å². The van der Waals surface area contributed by atoms with Crippen LogP contribution in [0.5, 0.6) is 5.75 Å². The van der Waals surface area contributed by atoms with Crippen molar-refractivity contribution in [3.63, 3.8) is 0 Å². The molecule has 9 heteroatoms. The van der Waals surface area contributed by atoms with E-state index in [1.54, 1.807) is 18.2 Å². The number of benzene rings is 1. The number of aromatic nitrogens is 3. The Hall–Kier alpha value is -3.93. The first kappa shape index (κ1) is 16.9. The summed E-state index contributed by atoms with van der Waals surface area (Å²) in [4.78, 5) is 21.2. The van der Waals surface area contributed by atoms with Crippen molar-refractivity contribution >= 4 is 22.4 Å². The second-order valence-corrected chi connectivity index (χ2v) is 5.32. The van der Waals surface area contributed by atoms with Gasteiger partial charge in [-0.05, 0) is 41.1 Å². The summed E-state index contributed by atoms with van der Waals surface area (Å²) in [5, 5.41) is 30.9. The highest BCUT2D eigenvalue weighted by atomic mass is 16.6. The van der Waals surface area contributed by atoms with E-state index in [1.165, 1.54) is 25.3 Å². The predicted octanol–water partition coefficient (Wildman–Crippen LogP) is 3.13. The number of imidazole rings is 1. The molecule has 2 N–H and O–H groups in total. The number of fused-ring (bicyclic) bond motifs is 1. The number of nitriles is 1. The summed E-state index contributed by atoms with van der Waals surface area (Å²) in [7, 11) is 0. The predicted molar refractivity (Wildman–Crippen MR) is 92.2 cm³/mol. The largest absolute Gasteiger partial charge is 0.507 e. The number of rotatable bonds is 5. The molecular formula is C17H13N5O4. The second kappa shape index (κ2) is 6.90. The molecule has 0 radical (unpaired) electrons. The Bertz CT molecular complexity index is 1020. The maximum absolute atomic E-state index is 11.0. The van der Waals surface area contributed by atoms with Crippen LogP contribution in [0, 0.1) is 21.4 Å². The van der Waals surface area contributed by atoms with Gasteiger partial charge in [0, 0.05) is 0 Å². The van der Waals surface area contributed by atoms with Gasteiger partial charge in [0.1, 0.15) is 17.8 Å². The van der Waals surface area contributed by atoms with Gasteiger partial charge in [0.05, 0.1) is 11.0 Å². The maximum atomic E-state index is 11.0. The van der Waals surface area contributed by atoms with Crippen molar-refractivity contribution in [3.05, 3.63) is 64.3 Å². The van der Waals surface area contributed by atoms with Crippen molar-refractivity contribution in [2.75, 3.05) is 0 Å². The molecule has 1 atom stereocenters. The molecule has 0 aliphatic heterocycles. The minimum absolute atomic E-state index is 0.111. The molecule has 0 saturated carbocycles. The molecule has 1 unspecified atom stereocenters. The number of nitrogens with zero attached hydrogens (tertiary/aromatic N) is 4. The smallest absolute Gasteiger partial charge is 0.406 e. The maximum Gasteiger partial charge on any atom is 0.406 e. The van der Waals surface area contributed by atoms with Gasteiger partial charge in [0.2, 0.25) is 5.75 Å². The molecule has 2 heterocycles. The van der Waals surface area contributed by atoms with Crippen LogP contribution in [0.15, 0.2) is 48.4 Å². The molecule has 9 nitrogen and oxygen atoms in total. The van der Waals surface area contributed by atoms with E-state index >= 15 is 0 Å². The first-order chi connectivity index (χ1) is 12.5. The van der Waals surface area contributed by atoms with Gasteiger partial charge < -0.3 is 24.9 Å². The van der Waals surface area contributed by atoms with Crippen LogP contribution in [0.1, 0.15) is 12.7 Å². The number of allylic oxidation sites excluding steroid dienone is 1. The molecular weight excluding hydrogens is 338 g/mol. The van der Waals surface area contributed by atoms with Crippen LogP contribution >= 0.6 is 0 Å². The molecule has 2 aromatic heterocycles. The van der Waals surface area contributed by atoms with E-state index in [1.807, 2.05) is 12.1 Å². The number of hydrogen-bond acceptors (Lipinski definition) is 7. The van der Waals surface area contributed by atoms with Crippen molar-refractivity contribution in [3.8, 4) is 11.8 Å². The summed E-state index contributed by atoms with van der Waals surface area (Å²) in [6.07, 6.45) is 0.237. The van der Waals surface area contributed by atoms with E-state index < -0.39 is 22.6 Å². The molecule has 0 aliphatic carbocycles. The number of para-hydroxylation sites is 2. The zero-order valence-corrected chi connectivity index (χ0v) is 13.6. The van der Waals surface area contributed by atoms with E-state index in [9.17, 15) is 20.5 Å². The SMILES string of the molecule is CC(Oc1cccnc1[N+](=O)[O-])/C(O)=C(\C#N)c1nc2ccccc2[nH]1. The molecule has 1 aromatic carbocycles. The van der Waals surface area contributed by atoms with E-state index in [0.717, 1.165) is 0 Å². The highest BCUT2D eigenvalue weighted by molar-refractivity contribution is 5.82. The molecule has 0 bridgehead atoms.